The van der Waals surface area contributed by atoms with E-state index in [1.54, 1.807) is 36.9 Å². The zero-order valence-corrected chi connectivity index (χ0v) is 18.1. The molecule has 0 spiro atoms. The maximum Gasteiger partial charge on any atom is 0.229 e. The van der Waals surface area contributed by atoms with Gasteiger partial charge in [-0.2, -0.15) is 4.98 Å². The summed E-state index contributed by atoms with van der Waals surface area (Å²) in [5.41, 5.74) is 2.33. The van der Waals surface area contributed by atoms with Gasteiger partial charge in [0.15, 0.2) is 5.82 Å². The van der Waals surface area contributed by atoms with Crippen LogP contribution in [0.3, 0.4) is 0 Å². The van der Waals surface area contributed by atoms with E-state index in [1.165, 1.54) is 0 Å². The van der Waals surface area contributed by atoms with Gasteiger partial charge in [-0.25, -0.2) is 29.9 Å². The van der Waals surface area contributed by atoms with E-state index in [9.17, 15) is 0 Å². The molecule has 0 bridgehead atoms. The van der Waals surface area contributed by atoms with Crippen LogP contribution in [0.2, 0.25) is 0 Å². The third kappa shape index (κ3) is 5.15. The van der Waals surface area contributed by atoms with E-state index < -0.39 is 0 Å². The van der Waals surface area contributed by atoms with Crippen molar-refractivity contribution in [2.24, 2.45) is 0 Å². The van der Waals surface area contributed by atoms with E-state index in [2.05, 4.69) is 55.7 Å². The number of aryl methyl sites for hydroxylation is 1. The molecule has 4 aromatic rings. The van der Waals surface area contributed by atoms with Crippen molar-refractivity contribution < 1.29 is 0 Å². The van der Waals surface area contributed by atoms with Gasteiger partial charge in [-0.3, -0.25) is 0 Å². The molecule has 33 heavy (non-hydrogen) atoms. The molecular weight excluding hydrogens is 418 g/mol. The van der Waals surface area contributed by atoms with E-state index in [4.69, 9.17) is 0 Å². The number of aromatic nitrogens is 7. The smallest absolute Gasteiger partial charge is 0.229 e. The molecular formula is C22H23N11. The largest absolute Gasteiger partial charge is 0.338 e. The standard InChI is InChI=1S/C22H23N11/c1-15-3-2-4-17(28-15)20-24-7-5-18(31-20)30-19-6-8-25-21(32-19)29-16-13-26-22(27-14-16)33-11-9-23-10-12-33/h2-8,13-14,23H,9-12H2,1H3,(H2,24,25,29,30,31,32). The van der Waals surface area contributed by atoms with Crippen LogP contribution >= 0.6 is 0 Å². The molecule has 5 heterocycles. The van der Waals surface area contributed by atoms with Gasteiger partial charge >= 0.3 is 0 Å². The predicted molar refractivity (Wildman–Crippen MR) is 126 cm³/mol. The fourth-order valence-corrected chi connectivity index (χ4v) is 3.38. The highest BCUT2D eigenvalue weighted by molar-refractivity contribution is 5.59. The predicted octanol–water partition coefficient (Wildman–Crippen LogP) is 2.32. The molecule has 0 aromatic carbocycles. The van der Waals surface area contributed by atoms with E-state index in [0.29, 0.717) is 34.8 Å². The summed E-state index contributed by atoms with van der Waals surface area (Å²) < 4.78 is 0. The second-order valence-electron chi connectivity index (χ2n) is 7.45. The van der Waals surface area contributed by atoms with Crippen molar-refractivity contribution in [2.45, 2.75) is 6.92 Å². The van der Waals surface area contributed by atoms with Crippen molar-refractivity contribution in [3.05, 3.63) is 60.8 Å². The first-order valence-corrected chi connectivity index (χ1v) is 10.6. The minimum atomic E-state index is 0.424. The average molecular weight is 442 g/mol. The second-order valence-corrected chi connectivity index (χ2v) is 7.45. The van der Waals surface area contributed by atoms with Crippen LogP contribution in [-0.2, 0) is 0 Å². The van der Waals surface area contributed by atoms with E-state index in [0.717, 1.165) is 37.8 Å². The minimum absolute atomic E-state index is 0.424. The van der Waals surface area contributed by atoms with Crippen LogP contribution in [-0.4, -0.2) is 61.1 Å². The first-order valence-electron chi connectivity index (χ1n) is 10.6. The van der Waals surface area contributed by atoms with Crippen molar-refractivity contribution in [1.29, 1.82) is 0 Å². The Balaban J connectivity index is 1.27. The molecule has 11 heteroatoms. The minimum Gasteiger partial charge on any atom is -0.338 e. The summed E-state index contributed by atoms with van der Waals surface area (Å²) in [7, 11) is 0. The summed E-state index contributed by atoms with van der Waals surface area (Å²) in [5.74, 6) is 2.89. The topological polar surface area (TPSA) is 130 Å². The summed E-state index contributed by atoms with van der Waals surface area (Å²) in [6.45, 7) is 5.60. The molecule has 0 unspecified atom stereocenters. The Labute approximate surface area is 190 Å². The molecule has 5 rings (SSSR count). The van der Waals surface area contributed by atoms with Gasteiger partial charge in [0, 0.05) is 44.3 Å². The molecule has 166 valence electrons. The van der Waals surface area contributed by atoms with Gasteiger partial charge < -0.3 is 20.9 Å². The molecule has 4 aromatic heterocycles. The molecule has 1 saturated heterocycles. The lowest BCUT2D eigenvalue weighted by atomic mass is 10.3. The van der Waals surface area contributed by atoms with Crippen LogP contribution in [0.1, 0.15) is 5.69 Å². The number of nitrogens with one attached hydrogen (secondary N) is 3. The van der Waals surface area contributed by atoms with Crippen molar-refractivity contribution in [3.63, 3.8) is 0 Å². The van der Waals surface area contributed by atoms with Gasteiger partial charge in [0.05, 0.1) is 18.1 Å². The molecule has 0 amide bonds. The fraction of sp³-hybridized carbons (Fsp3) is 0.227. The van der Waals surface area contributed by atoms with Gasteiger partial charge in [0.2, 0.25) is 11.9 Å². The second kappa shape index (κ2) is 9.49. The van der Waals surface area contributed by atoms with E-state index in [1.807, 2.05) is 25.1 Å². The summed E-state index contributed by atoms with van der Waals surface area (Å²) >= 11 is 0. The highest BCUT2D eigenvalue weighted by Gasteiger charge is 2.13. The molecule has 1 aliphatic heterocycles. The summed E-state index contributed by atoms with van der Waals surface area (Å²) in [6, 6.07) is 9.29. The Bertz CT molecular complexity index is 1220. The Hall–Kier alpha value is -4.25. The highest BCUT2D eigenvalue weighted by atomic mass is 15.3. The zero-order valence-electron chi connectivity index (χ0n) is 18.1. The molecule has 3 N–H and O–H groups in total. The number of hydrogen-bond donors (Lipinski definition) is 3. The molecule has 1 fully saturated rings. The van der Waals surface area contributed by atoms with Crippen molar-refractivity contribution in [3.8, 4) is 11.5 Å². The lowest BCUT2D eigenvalue weighted by Crippen LogP contribution is -2.44. The van der Waals surface area contributed by atoms with Crippen LogP contribution in [0.4, 0.5) is 29.2 Å². The van der Waals surface area contributed by atoms with Crippen molar-refractivity contribution >= 4 is 29.2 Å². The van der Waals surface area contributed by atoms with Gasteiger partial charge in [-0.05, 0) is 31.2 Å². The van der Waals surface area contributed by atoms with Crippen molar-refractivity contribution in [2.75, 3.05) is 41.7 Å². The number of pyridine rings is 1. The zero-order chi connectivity index (χ0) is 22.5. The highest BCUT2D eigenvalue weighted by Crippen LogP contribution is 2.19. The van der Waals surface area contributed by atoms with Gasteiger partial charge in [0.1, 0.15) is 17.3 Å². The average Bonchev–Trinajstić information content (AvgIpc) is 2.85. The summed E-state index contributed by atoms with van der Waals surface area (Å²) in [4.78, 5) is 33.2. The van der Waals surface area contributed by atoms with Crippen LogP contribution in [0, 0.1) is 6.92 Å². The first kappa shape index (κ1) is 20.6. The van der Waals surface area contributed by atoms with Gasteiger partial charge in [-0.15, -0.1) is 0 Å². The Morgan fingerprint density at radius 1 is 0.818 bits per heavy atom. The number of piperazine rings is 1. The van der Waals surface area contributed by atoms with E-state index in [-0.39, 0.29) is 0 Å². The summed E-state index contributed by atoms with van der Waals surface area (Å²) in [6.07, 6.45) is 6.82. The molecule has 0 aliphatic carbocycles. The third-order valence-corrected chi connectivity index (χ3v) is 4.98. The summed E-state index contributed by atoms with van der Waals surface area (Å²) in [5, 5.41) is 9.66. The molecule has 1 aliphatic rings. The third-order valence-electron chi connectivity index (χ3n) is 4.98. The lowest BCUT2D eigenvalue weighted by Gasteiger charge is -2.27. The maximum atomic E-state index is 4.55. The quantitative estimate of drug-likeness (QED) is 0.407. The molecule has 0 atom stereocenters. The molecule has 0 radical (unpaired) electrons. The first-order chi connectivity index (χ1) is 16.2. The van der Waals surface area contributed by atoms with Crippen LogP contribution in [0.15, 0.2) is 55.1 Å². The SMILES string of the molecule is Cc1cccc(-c2nccc(Nc3ccnc(Nc4cnc(N5CCNCC5)nc4)n3)n2)n1. The monoisotopic (exact) mass is 441 g/mol. The van der Waals surface area contributed by atoms with Crippen LogP contribution < -0.4 is 20.9 Å². The maximum absolute atomic E-state index is 4.55. The van der Waals surface area contributed by atoms with Crippen LogP contribution in [0.25, 0.3) is 11.5 Å². The number of rotatable bonds is 6. The Morgan fingerprint density at radius 2 is 1.58 bits per heavy atom. The van der Waals surface area contributed by atoms with Crippen LogP contribution in [0.5, 0.6) is 0 Å². The molecule has 11 nitrogen and oxygen atoms in total. The fourth-order valence-electron chi connectivity index (χ4n) is 3.38. The number of anilines is 5. The Kier molecular flexibility index (Phi) is 5.93. The number of nitrogens with zero attached hydrogens (tertiary/aromatic N) is 8. The molecule has 0 saturated carbocycles. The normalized spacial score (nSPS) is 13.5. The van der Waals surface area contributed by atoms with Gasteiger partial charge in [0.25, 0.3) is 0 Å². The Morgan fingerprint density at radius 3 is 2.36 bits per heavy atom. The number of hydrogen-bond acceptors (Lipinski definition) is 11. The lowest BCUT2D eigenvalue weighted by molar-refractivity contribution is 0.580. The van der Waals surface area contributed by atoms with Gasteiger partial charge in [-0.1, -0.05) is 6.07 Å². The van der Waals surface area contributed by atoms with E-state index >= 15 is 0 Å². The van der Waals surface area contributed by atoms with Crippen molar-refractivity contribution in [1.82, 2.24) is 40.2 Å².